The second-order valence-electron chi connectivity index (χ2n) is 6.24. The van der Waals surface area contributed by atoms with Gasteiger partial charge >= 0.3 is 0 Å². The van der Waals surface area contributed by atoms with Crippen molar-refractivity contribution in [2.24, 2.45) is 11.1 Å². The molecule has 0 radical (unpaired) electrons. The maximum Gasteiger partial charge on any atom is 0.227 e. The normalized spacial score (nSPS) is 23.0. The molecule has 22 heavy (non-hydrogen) atoms. The second-order valence-corrected chi connectivity index (χ2v) is 8.50. The van der Waals surface area contributed by atoms with Crippen LogP contribution < -0.4 is 11.1 Å². The van der Waals surface area contributed by atoms with Crippen LogP contribution >= 0.6 is 12.4 Å². The SMILES string of the molecule is CCS(=O)(=O)N1CCC(NC(=O)C2(CN)CCCC2)CC1.Cl. The fraction of sp³-hybridized carbons (Fsp3) is 0.929. The van der Waals surface area contributed by atoms with Gasteiger partial charge < -0.3 is 11.1 Å². The minimum Gasteiger partial charge on any atom is -0.353 e. The standard InChI is InChI=1S/C14H27N3O3S.ClH/c1-2-21(19,20)17-9-5-12(6-10-17)16-13(18)14(11-15)7-3-4-8-14;/h12H,2-11,15H2,1H3,(H,16,18);1H. The van der Waals surface area contributed by atoms with Gasteiger partial charge in [0.1, 0.15) is 0 Å². The largest absolute Gasteiger partial charge is 0.353 e. The number of halogens is 1. The fourth-order valence-corrected chi connectivity index (χ4v) is 4.51. The predicted molar refractivity (Wildman–Crippen MR) is 89.4 cm³/mol. The van der Waals surface area contributed by atoms with E-state index in [1.807, 2.05) is 0 Å². The number of sulfonamides is 1. The zero-order chi connectivity index (χ0) is 15.5. The Kier molecular flexibility index (Phi) is 7.11. The lowest BCUT2D eigenvalue weighted by Crippen LogP contribution is -2.52. The van der Waals surface area contributed by atoms with Crippen LogP contribution in [0.15, 0.2) is 0 Å². The first-order valence-corrected chi connectivity index (χ1v) is 9.53. The van der Waals surface area contributed by atoms with Crippen molar-refractivity contribution in [2.45, 2.75) is 51.5 Å². The zero-order valence-corrected chi connectivity index (χ0v) is 14.8. The summed E-state index contributed by atoms with van der Waals surface area (Å²) >= 11 is 0. The molecule has 0 bridgehead atoms. The fourth-order valence-electron chi connectivity index (χ4n) is 3.38. The van der Waals surface area contributed by atoms with Crippen molar-refractivity contribution < 1.29 is 13.2 Å². The molecule has 1 aliphatic carbocycles. The number of carbonyl (C=O) groups excluding carboxylic acids is 1. The van der Waals surface area contributed by atoms with Gasteiger partial charge in [0.2, 0.25) is 15.9 Å². The molecule has 1 heterocycles. The topological polar surface area (TPSA) is 92.5 Å². The molecule has 0 aromatic rings. The molecule has 8 heteroatoms. The minimum atomic E-state index is -3.10. The van der Waals surface area contributed by atoms with E-state index in [1.165, 1.54) is 4.31 Å². The van der Waals surface area contributed by atoms with Crippen molar-refractivity contribution in [3.05, 3.63) is 0 Å². The second kappa shape index (κ2) is 7.95. The van der Waals surface area contributed by atoms with Gasteiger partial charge in [-0.3, -0.25) is 4.79 Å². The summed E-state index contributed by atoms with van der Waals surface area (Å²) in [5, 5.41) is 3.10. The number of hydrogen-bond donors (Lipinski definition) is 2. The molecule has 130 valence electrons. The molecular weight excluding hydrogens is 326 g/mol. The summed E-state index contributed by atoms with van der Waals surface area (Å²) in [6.45, 7) is 3.06. The molecule has 2 aliphatic rings. The zero-order valence-electron chi connectivity index (χ0n) is 13.2. The number of hydrogen-bond acceptors (Lipinski definition) is 4. The molecule has 6 nitrogen and oxygen atoms in total. The maximum absolute atomic E-state index is 12.5. The van der Waals surface area contributed by atoms with Crippen molar-refractivity contribution in [2.75, 3.05) is 25.4 Å². The summed E-state index contributed by atoms with van der Waals surface area (Å²) in [7, 11) is -3.10. The van der Waals surface area contributed by atoms with Crippen LogP contribution in [0.1, 0.15) is 45.4 Å². The van der Waals surface area contributed by atoms with E-state index in [0.717, 1.165) is 25.7 Å². The summed E-state index contributed by atoms with van der Waals surface area (Å²) in [5.74, 6) is 0.208. The molecule has 0 aromatic carbocycles. The molecular formula is C14H28ClN3O3S. The van der Waals surface area contributed by atoms with Crippen LogP contribution in [0.2, 0.25) is 0 Å². The molecule has 0 spiro atoms. The van der Waals surface area contributed by atoms with Gasteiger partial charge in [0, 0.05) is 25.7 Å². The average Bonchev–Trinajstić information content (AvgIpc) is 2.98. The first-order valence-electron chi connectivity index (χ1n) is 7.92. The van der Waals surface area contributed by atoms with Gasteiger partial charge in [-0.2, -0.15) is 0 Å². The van der Waals surface area contributed by atoms with Crippen LogP contribution in [0, 0.1) is 5.41 Å². The number of nitrogens with one attached hydrogen (secondary N) is 1. The van der Waals surface area contributed by atoms with Crippen LogP contribution in [0.25, 0.3) is 0 Å². The van der Waals surface area contributed by atoms with Crippen LogP contribution in [0.4, 0.5) is 0 Å². The van der Waals surface area contributed by atoms with Crippen molar-refractivity contribution in [3.63, 3.8) is 0 Å². The van der Waals surface area contributed by atoms with E-state index in [2.05, 4.69) is 5.32 Å². The quantitative estimate of drug-likeness (QED) is 0.766. The van der Waals surface area contributed by atoms with E-state index < -0.39 is 10.0 Å². The smallest absolute Gasteiger partial charge is 0.227 e. The highest BCUT2D eigenvalue weighted by atomic mass is 35.5. The lowest BCUT2D eigenvalue weighted by atomic mass is 9.84. The van der Waals surface area contributed by atoms with Crippen LogP contribution in [0.3, 0.4) is 0 Å². The number of nitrogens with zero attached hydrogens (tertiary/aromatic N) is 1. The van der Waals surface area contributed by atoms with E-state index in [0.29, 0.717) is 32.5 Å². The first kappa shape index (κ1) is 19.7. The van der Waals surface area contributed by atoms with E-state index in [1.54, 1.807) is 6.92 Å². The Balaban J connectivity index is 0.00000242. The number of rotatable bonds is 5. The van der Waals surface area contributed by atoms with Gasteiger partial charge in [-0.25, -0.2) is 12.7 Å². The molecule has 1 saturated carbocycles. The van der Waals surface area contributed by atoms with E-state index in [-0.39, 0.29) is 35.5 Å². The predicted octanol–water partition coefficient (Wildman–Crippen LogP) is 0.858. The highest BCUT2D eigenvalue weighted by Gasteiger charge is 2.41. The molecule has 0 aromatic heterocycles. The van der Waals surface area contributed by atoms with E-state index in [9.17, 15) is 13.2 Å². The number of amides is 1. The van der Waals surface area contributed by atoms with Crippen molar-refractivity contribution in [1.29, 1.82) is 0 Å². The van der Waals surface area contributed by atoms with E-state index in [4.69, 9.17) is 5.73 Å². The molecule has 2 fully saturated rings. The monoisotopic (exact) mass is 353 g/mol. The third kappa shape index (κ3) is 4.13. The van der Waals surface area contributed by atoms with Gasteiger partial charge in [-0.1, -0.05) is 12.8 Å². The minimum absolute atomic E-state index is 0. The summed E-state index contributed by atoms with van der Waals surface area (Å²) in [5.41, 5.74) is 5.44. The van der Waals surface area contributed by atoms with Crippen molar-refractivity contribution in [1.82, 2.24) is 9.62 Å². The Morgan fingerprint density at radius 3 is 2.27 bits per heavy atom. The molecule has 3 N–H and O–H groups in total. The van der Waals surface area contributed by atoms with Crippen molar-refractivity contribution >= 4 is 28.3 Å². The lowest BCUT2D eigenvalue weighted by molar-refractivity contribution is -0.131. The van der Waals surface area contributed by atoms with E-state index >= 15 is 0 Å². The Labute approximate surface area is 139 Å². The van der Waals surface area contributed by atoms with Gasteiger partial charge in [0.25, 0.3) is 0 Å². The van der Waals surface area contributed by atoms with Gasteiger partial charge in [0.05, 0.1) is 11.2 Å². The van der Waals surface area contributed by atoms with Gasteiger partial charge in [-0.05, 0) is 32.6 Å². The Morgan fingerprint density at radius 1 is 1.27 bits per heavy atom. The van der Waals surface area contributed by atoms with Crippen LogP contribution in [-0.4, -0.2) is 50.1 Å². The summed E-state index contributed by atoms with van der Waals surface area (Å²) < 4.78 is 25.2. The number of carbonyl (C=O) groups is 1. The summed E-state index contributed by atoms with van der Waals surface area (Å²) in [6, 6.07) is 0.0739. The van der Waals surface area contributed by atoms with Gasteiger partial charge in [-0.15, -0.1) is 12.4 Å². The molecule has 0 atom stereocenters. The van der Waals surface area contributed by atoms with Crippen molar-refractivity contribution in [3.8, 4) is 0 Å². The third-order valence-electron chi connectivity index (χ3n) is 4.98. The molecule has 1 saturated heterocycles. The average molecular weight is 354 g/mol. The Morgan fingerprint density at radius 2 is 1.82 bits per heavy atom. The number of nitrogens with two attached hydrogens (primary N) is 1. The first-order chi connectivity index (χ1) is 9.93. The summed E-state index contributed by atoms with van der Waals surface area (Å²) in [6.07, 6.45) is 5.25. The highest BCUT2D eigenvalue weighted by Crippen LogP contribution is 2.37. The molecule has 2 rings (SSSR count). The van der Waals surface area contributed by atoms with Crippen LogP contribution in [0.5, 0.6) is 0 Å². The third-order valence-corrected chi connectivity index (χ3v) is 6.86. The summed E-state index contributed by atoms with van der Waals surface area (Å²) in [4.78, 5) is 12.5. The Hall–Kier alpha value is -0.370. The maximum atomic E-state index is 12.5. The lowest BCUT2D eigenvalue weighted by Gasteiger charge is -2.34. The highest BCUT2D eigenvalue weighted by molar-refractivity contribution is 7.89. The Bertz CT molecular complexity index is 470. The van der Waals surface area contributed by atoms with Gasteiger partial charge in [0.15, 0.2) is 0 Å². The molecule has 1 aliphatic heterocycles. The molecule has 1 amide bonds. The van der Waals surface area contributed by atoms with Crippen LogP contribution in [-0.2, 0) is 14.8 Å². The number of piperidine rings is 1. The molecule has 0 unspecified atom stereocenters.